The number of furan rings is 1. The number of aryl methyl sites for hydroxylation is 3. The Labute approximate surface area is 185 Å². The molecule has 0 spiro atoms. The molecular formula is C23H26N6O3. The fourth-order valence-electron chi connectivity index (χ4n) is 4.69. The number of hydrogen-bond donors (Lipinski definition) is 1. The second kappa shape index (κ2) is 7.89. The molecule has 1 aliphatic carbocycles. The Balaban J connectivity index is 1.62. The quantitative estimate of drug-likeness (QED) is 0.479. The summed E-state index contributed by atoms with van der Waals surface area (Å²) < 4.78 is 12.5. The van der Waals surface area contributed by atoms with Crippen molar-refractivity contribution in [1.29, 1.82) is 0 Å². The number of hydrogen-bond acceptors (Lipinski definition) is 7. The molecule has 32 heavy (non-hydrogen) atoms. The molecule has 1 aliphatic rings. The van der Waals surface area contributed by atoms with E-state index >= 15 is 0 Å². The van der Waals surface area contributed by atoms with Gasteiger partial charge in [0.2, 0.25) is 5.89 Å². The molecule has 4 heterocycles. The standard InChI is InChI=1S/C23H26N6O3/c1-14-19-16(13-17(18-9-8-12-31-18)25-20(19)29(3)27-14)21(30)26-23(10-6-4-5-7-11-23)22-24-15(2)32-28-22/h8-9,12-13H,4-7,10-11H2,1-3H3,(H,26,30). The molecule has 4 aromatic heterocycles. The summed E-state index contributed by atoms with van der Waals surface area (Å²) in [6.07, 6.45) is 7.35. The zero-order chi connectivity index (χ0) is 22.3. The van der Waals surface area contributed by atoms with E-state index in [4.69, 9.17) is 13.9 Å². The Kier molecular flexibility index (Phi) is 5.03. The smallest absolute Gasteiger partial charge is 0.252 e. The van der Waals surface area contributed by atoms with Gasteiger partial charge in [0.15, 0.2) is 17.2 Å². The average Bonchev–Trinajstić information content (AvgIpc) is 3.48. The fourth-order valence-corrected chi connectivity index (χ4v) is 4.69. The number of carbonyl (C=O) groups excluding carboxylic acids is 1. The van der Waals surface area contributed by atoms with Crippen LogP contribution in [-0.4, -0.2) is 30.8 Å². The minimum atomic E-state index is -0.665. The minimum absolute atomic E-state index is 0.203. The van der Waals surface area contributed by atoms with Gasteiger partial charge in [0.25, 0.3) is 5.91 Å². The van der Waals surface area contributed by atoms with Crippen LogP contribution in [0.25, 0.3) is 22.5 Å². The maximum atomic E-state index is 13.8. The lowest BCUT2D eigenvalue weighted by atomic mass is 9.88. The maximum Gasteiger partial charge on any atom is 0.252 e. The van der Waals surface area contributed by atoms with E-state index in [0.29, 0.717) is 34.4 Å². The summed E-state index contributed by atoms with van der Waals surface area (Å²) in [4.78, 5) is 23.0. The predicted octanol–water partition coefficient (Wildman–Crippen LogP) is 4.21. The molecule has 0 unspecified atom stereocenters. The van der Waals surface area contributed by atoms with Gasteiger partial charge in [-0.2, -0.15) is 10.1 Å². The zero-order valence-electron chi connectivity index (χ0n) is 18.5. The topological polar surface area (TPSA) is 112 Å². The Morgan fingerprint density at radius 1 is 1.16 bits per heavy atom. The largest absolute Gasteiger partial charge is 0.463 e. The van der Waals surface area contributed by atoms with Gasteiger partial charge < -0.3 is 14.3 Å². The SMILES string of the molecule is Cc1nc(C2(NC(=O)c3cc(-c4ccco4)nc4c3c(C)nn4C)CCCCCC2)no1. The first-order chi connectivity index (χ1) is 15.5. The van der Waals surface area contributed by atoms with Crippen molar-refractivity contribution in [3.63, 3.8) is 0 Å². The van der Waals surface area contributed by atoms with Gasteiger partial charge in [0, 0.05) is 14.0 Å². The summed E-state index contributed by atoms with van der Waals surface area (Å²) in [7, 11) is 1.82. The molecule has 0 atom stereocenters. The van der Waals surface area contributed by atoms with Crippen molar-refractivity contribution in [2.75, 3.05) is 0 Å². The van der Waals surface area contributed by atoms with Crippen molar-refractivity contribution in [1.82, 2.24) is 30.2 Å². The Bertz CT molecular complexity index is 1260. The van der Waals surface area contributed by atoms with Crippen LogP contribution >= 0.6 is 0 Å². The van der Waals surface area contributed by atoms with E-state index in [2.05, 4.69) is 20.6 Å². The Hall–Kier alpha value is -3.49. The van der Waals surface area contributed by atoms with E-state index in [1.54, 1.807) is 30.0 Å². The van der Waals surface area contributed by atoms with E-state index in [-0.39, 0.29) is 5.91 Å². The van der Waals surface area contributed by atoms with Crippen molar-refractivity contribution in [3.8, 4) is 11.5 Å². The van der Waals surface area contributed by atoms with Gasteiger partial charge in [0.05, 0.1) is 22.9 Å². The lowest BCUT2D eigenvalue weighted by molar-refractivity contribution is 0.0878. The minimum Gasteiger partial charge on any atom is -0.463 e. The van der Waals surface area contributed by atoms with Crippen LogP contribution < -0.4 is 5.32 Å². The lowest BCUT2D eigenvalue weighted by Gasteiger charge is -2.31. The second-order valence-electron chi connectivity index (χ2n) is 8.53. The van der Waals surface area contributed by atoms with Crippen LogP contribution in [0.2, 0.25) is 0 Å². The van der Waals surface area contributed by atoms with Gasteiger partial charge >= 0.3 is 0 Å². The number of amides is 1. The molecule has 1 saturated carbocycles. The molecule has 1 N–H and O–H groups in total. The van der Waals surface area contributed by atoms with Crippen molar-refractivity contribution >= 4 is 16.9 Å². The van der Waals surface area contributed by atoms with Crippen LogP contribution in [-0.2, 0) is 12.6 Å². The number of carbonyl (C=O) groups is 1. The molecule has 1 amide bonds. The molecular weight excluding hydrogens is 408 g/mol. The van der Waals surface area contributed by atoms with Gasteiger partial charge in [-0.15, -0.1) is 0 Å². The number of nitrogens with zero attached hydrogens (tertiary/aromatic N) is 5. The molecule has 0 aliphatic heterocycles. The lowest BCUT2D eigenvalue weighted by Crippen LogP contribution is -2.46. The van der Waals surface area contributed by atoms with Crippen LogP contribution in [0.15, 0.2) is 33.4 Å². The van der Waals surface area contributed by atoms with Gasteiger partial charge in [-0.05, 0) is 38.0 Å². The monoisotopic (exact) mass is 434 g/mol. The summed E-state index contributed by atoms with van der Waals surface area (Å²) in [5.41, 5.74) is 1.81. The van der Waals surface area contributed by atoms with Crippen LogP contribution in [0.1, 0.15) is 66.3 Å². The third-order valence-corrected chi connectivity index (χ3v) is 6.25. The van der Waals surface area contributed by atoms with Crippen molar-refractivity contribution in [3.05, 3.63) is 47.4 Å². The second-order valence-corrected chi connectivity index (χ2v) is 8.53. The molecule has 5 rings (SSSR count). The Morgan fingerprint density at radius 3 is 2.59 bits per heavy atom. The van der Waals surface area contributed by atoms with E-state index in [9.17, 15) is 4.79 Å². The van der Waals surface area contributed by atoms with E-state index in [1.165, 1.54) is 0 Å². The molecule has 0 radical (unpaired) electrons. The molecule has 0 saturated heterocycles. The van der Waals surface area contributed by atoms with Gasteiger partial charge in [-0.1, -0.05) is 30.8 Å². The van der Waals surface area contributed by atoms with Crippen LogP contribution in [0.3, 0.4) is 0 Å². The van der Waals surface area contributed by atoms with E-state index in [1.807, 2.05) is 20.0 Å². The molecule has 0 aromatic carbocycles. The molecule has 9 heteroatoms. The predicted molar refractivity (Wildman–Crippen MR) is 117 cm³/mol. The molecule has 4 aromatic rings. The summed E-state index contributed by atoms with van der Waals surface area (Å²) in [6.45, 7) is 3.65. The fraction of sp³-hybridized carbons (Fsp3) is 0.435. The number of pyridine rings is 1. The first-order valence-corrected chi connectivity index (χ1v) is 11.0. The third-order valence-electron chi connectivity index (χ3n) is 6.25. The van der Waals surface area contributed by atoms with Crippen LogP contribution in [0, 0.1) is 13.8 Å². The third kappa shape index (κ3) is 3.47. The highest BCUT2D eigenvalue weighted by atomic mass is 16.5. The maximum absolute atomic E-state index is 13.8. The highest BCUT2D eigenvalue weighted by Crippen LogP contribution is 2.36. The summed E-state index contributed by atoms with van der Waals surface area (Å²) in [6, 6.07) is 5.40. The molecule has 166 valence electrons. The van der Waals surface area contributed by atoms with Gasteiger partial charge in [-0.3, -0.25) is 9.48 Å². The average molecular weight is 435 g/mol. The number of nitrogens with one attached hydrogen (secondary N) is 1. The molecule has 0 bridgehead atoms. The highest BCUT2D eigenvalue weighted by molar-refractivity contribution is 6.07. The Morgan fingerprint density at radius 2 is 1.94 bits per heavy atom. The van der Waals surface area contributed by atoms with Crippen molar-refractivity contribution in [2.24, 2.45) is 7.05 Å². The molecule has 1 fully saturated rings. The van der Waals surface area contributed by atoms with E-state index < -0.39 is 5.54 Å². The van der Waals surface area contributed by atoms with Gasteiger partial charge in [0.1, 0.15) is 11.2 Å². The van der Waals surface area contributed by atoms with Crippen LogP contribution in [0.5, 0.6) is 0 Å². The summed E-state index contributed by atoms with van der Waals surface area (Å²) in [5, 5.41) is 12.7. The zero-order valence-corrected chi connectivity index (χ0v) is 18.5. The summed E-state index contributed by atoms with van der Waals surface area (Å²) in [5.74, 6) is 1.43. The van der Waals surface area contributed by atoms with E-state index in [0.717, 1.165) is 49.6 Å². The van der Waals surface area contributed by atoms with Gasteiger partial charge in [-0.25, -0.2) is 4.98 Å². The van der Waals surface area contributed by atoms with Crippen molar-refractivity contribution in [2.45, 2.75) is 57.9 Å². The summed E-state index contributed by atoms with van der Waals surface area (Å²) >= 11 is 0. The highest BCUT2D eigenvalue weighted by Gasteiger charge is 2.39. The van der Waals surface area contributed by atoms with Crippen LogP contribution in [0.4, 0.5) is 0 Å². The van der Waals surface area contributed by atoms with Crippen molar-refractivity contribution < 1.29 is 13.7 Å². The number of rotatable bonds is 4. The molecule has 9 nitrogen and oxygen atoms in total. The number of aromatic nitrogens is 5. The first-order valence-electron chi connectivity index (χ1n) is 11.0. The number of fused-ring (bicyclic) bond motifs is 1. The normalized spacial score (nSPS) is 16.2. The first kappa shape index (κ1) is 20.4.